The van der Waals surface area contributed by atoms with Crippen molar-refractivity contribution in [1.82, 2.24) is 5.32 Å². The van der Waals surface area contributed by atoms with Gasteiger partial charge in [0.2, 0.25) is 0 Å². The largest absolute Gasteiger partial charge is 0.381 e. The highest BCUT2D eigenvalue weighted by molar-refractivity contribution is 5.54. The van der Waals surface area contributed by atoms with Crippen LogP contribution in [0.3, 0.4) is 0 Å². The molecule has 2 aliphatic rings. The average Bonchev–Trinajstić information content (AvgIpc) is 2.55. The first kappa shape index (κ1) is 16.7. The summed E-state index contributed by atoms with van der Waals surface area (Å²) < 4.78 is 11.4. The van der Waals surface area contributed by atoms with E-state index >= 15 is 0 Å². The number of morpholine rings is 1. The van der Waals surface area contributed by atoms with E-state index in [1.165, 1.54) is 24.1 Å². The van der Waals surface area contributed by atoms with Crippen LogP contribution in [0, 0.1) is 5.92 Å². The molecule has 0 bridgehead atoms. The maximum Gasteiger partial charge on any atom is 0.0726 e. The molecule has 128 valence electrons. The van der Waals surface area contributed by atoms with Gasteiger partial charge < -0.3 is 19.7 Å². The average molecular weight is 318 g/mol. The van der Waals surface area contributed by atoms with Gasteiger partial charge in [-0.25, -0.2) is 0 Å². The van der Waals surface area contributed by atoms with Crippen molar-refractivity contribution >= 4 is 5.69 Å². The third kappa shape index (κ3) is 4.69. The van der Waals surface area contributed by atoms with Crippen molar-refractivity contribution in [1.29, 1.82) is 0 Å². The van der Waals surface area contributed by atoms with Crippen LogP contribution >= 0.6 is 0 Å². The van der Waals surface area contributed by atoms with Crippen LogP contribution in [-0.2, 0) is 16.0 Å². The summed E-state index contributed by atoms with van der Waals surface area (Å²) in [6.07, 6.45) is 3.07. The fourth-order valence-corrected chi connectivity index (χ4v) is 3.72. The Morgan fingerprint density at radius 2 is 1.96 bits per heavy atom. The lowest BCUT2D eigenvalue weighted by Gasteiger charge is -2.38. The molecule has 3 atom stereocenters. The van der Waals surface area contributed by atoms with Crippen LogP contribution in [0.25, 0.3) is 0 Å². The topological polar surface area (TPSA) is 33.7 Å². The Balaban J connectivity index is 1.58. The van der Waals surface area contributed by atoms with E-state index in [9.17, 15) is 0 Å². The fraction of sp³-hybridized carbons (Fsp3) is 0.684. The van der Waals surface area contributed by atoms with Crippen molar-refractivity contribution in [3.8, 4) is 0 Å². The minimum atomic E-state index is 0.291. The molecule has 3 rings (SSSR count). The number of nitrogens with one attached hydrogen (secondary N) is 1. The monoisotopic (exact) mass is 318 g/mol. The van der Waals surface area contributed by atoms with Crippen molar-refractivity contribution in [2.45, 2.75) is 45.4 Å². The highest BCUT2D eigenvalue weighted by Crippen LogP contribution is 2.24. The van der Waals surface area contributed by atoms with E-state index in [1.54, 1.807) is 0 Å². The van der Waals surface area contributed by atoms with Crippen molar-refractivity contribution < 1.29 is 9.47 Å². The maximum absolute atomic E-state index is 5.87. The van der Waals surface area contributed by atoms with Crippen molar-refractivity contribution in [2.24, 2.45) is 5.92 Å². The van der Waals surface area contributed by atoms with Crippen LogP contribution in [0.2, 0.25) is 0 Å². The van der Waals surface area contributed by atoms with E-state index in [-0.39, 0.29) is 0 Å². The van der Waals surface area contributed by atoms with E-state index in [0.717, 1.165) is 39.4 Å². The highest BCUT2D eigenvalue weighted by atomic mass is 16.5. The zero-order valence-corrected chi connectivity index (χ0v) is 14.5. The lowest BCUT2D eigenvalue weighted by atomic mass is 10.0. The number of benzene rings is 1. The molecule has 0 radical (unpaired) electrons. The third-order valence-corrected chi connectivity index (χ3v) is 4.75. The first-order valence-corrected chi connectivity index (χ1v) is 8.99. The summed E-state index contributed by atoms with van der Waals surface area (Å²) in [6.45, 7) is 10.1. The molecule has 0 aliphatic carbocycles. The number of hydrogen-bond acceptors (Lipinski definition) is 4. The normalized spacial score (nSPS) is 28.8. The minimum absolute atomic E-state index is 0.291. The zero-order valence-electron chi connectivity index (χ0n) is 14.5. The standard InChI is InChI=1S/C19H30N2O2/c1-15-12-21(13-16(2)23-15)19-8-4-3-7-18(19)11-20-10-17-6-5-9-22-14-17/h3-4,7-8,15-17,20H,5-6,9-14H2,1-2H3/t15-,16+,17-/m0/s1. The molecule has 1 N–H and O–H groups in total. The molecule has 2 heterocycles. The molecule has 0 saturated carbocycles. The second-order valence-electron chi connectivity index (χ2n) is 7.01. The van der Waals surface area contributed by atoms with Crippen LogP contribution in [0.1, 0.15) is 32.3 Å². The maximum atomic E-state index is 5.87. The summed E-state index contributed by atoms with van der Waals surface area (Å²) in [5, 5.41) is 3.64. The van der Waals surface area contributed by atoms with Gasteiger partial charge in [-0.1, -0.05) is 18.2 Å². The van der Waals surface area contributed by atoms with Gasteiger partial charge in [0.25, 0.3) is 0 Å². The van der Waals surface area contributed by atoms with Crippen molar-refractivity contribution in [3.05, 3.63) is 29.8 Å². The predicted octanol–water partition coefficient (Wildman–Crippen LogP) is 2.82. The summed E-state index contributed by atoms with van der Waals surface area (Å²) in [7, 11) is 0. The van der Waals surface area contributed by atoms with E-state index in [4.69, 9.17) is 9.47 Å². The van der Waals surface area contributed by atoms with Gasteiger partial charge in [-0.2, -0.15) is 0 Å². The van der Waals surface area contributed by atoms with E-state index < -0.39 is 0 Å². The van der Waals surface area contributed by atoms with Gasteiger partial charge in [-0.3, -0.25) is 0 Å². The van der Waals surface area contributed by atoms with Gasteiger partial charge in [0.15, 0.2) is 0 Å². The van der Waals surface area contributed by atoms with Crippen molar-refractivity contribution in [2.75, 3.05) is 37.7 Å². The van der Waals surface area contributed by atoms with Crippen molar-refractivity contribution in [3.63, 3.8) is 0 Å². The van der Waals surface area contributed by atoms with Crippen LogP contribution in [0.15, 0.2) is 24.3 Å². The van der Waals surface area contributed by atoms with Gasteiger partial charge in [0, 0.05) is 38.5 Å². The Labute approximate surface area is 140 Å². The smallest absolute Gasteiger partial charge is 0.0726 e. The van der Waals surface area contributed by atoms with Crippen LogP contribution < -0.4 is 10.2 Å². The van der Waals surface area contributed by atoms with Crippen LogP contribution in [0.4, 0.5) is 5.69 Å². The SMILES string of the molecule is C[C@@H]1CN(c2ccccc2CNC[C@@H]2CCCOC2)C[C@H](C)O1. The molecule has 2 aliphatic heterocycles. The van der Waals surface area contributed by atoms with Gasteiger partial charge >= 0.3 is 0 Å². The predicted molar refractivity (Wildman–Crippen MR) is 93.9 cm³/mol. The Hall–Kier alpha value is -1.10. The summed E-state index contributed by atoms with van der Waals surface area (Å²) in [6, 6.07) is 8.76. The first-order chi connectivity index (χ1) is 11.2. The number of ether oxygens (including phenoxy) is 2. The van der Waals surface area contributed by atoms with Gasteiger partial charge in [-0.05, 0) is 44.2 Å². The summed E-state index contributed by atoms with van der Waals surface area (Å²) in [4.78, 5) is 2.47. The van der Waals surface area contributed by atoms with Gasteiger partial charge in [0.05, 0.1) is 18.8 Å². The number of hydrogen-bond donors (Lipinski definition) is 1. The molecule has 2 fully saturated rings. The summed E-state index contributed by atoms with van der Waals surface area (Å²) in [5.74, 6) is 0.666. The molecule has 1 aromatic carbocycles. The Kier molecular flexibility index (Phi) is 5.92. The van der Waals surface area contributed by atoms with Gasteiger partial charge in [0.1, 0.15) is 0 Å². The highest BCUT2D eigenvalue weighted by Gasteiger charge is 2.23. The third-order valence-electron chi connectivity index (χ3n) is 4.75. The molecule has 23 heavy (non-hydrogen) atoms. The lowest BCUT2D eigenvalue weighted by Crippen LogP contribution is -2.46. The molecule has 0 aromatic heterocycles. The molecule has 0 spiro atoms. The molecular formula is C19H30N2O2. The van der Waals surface area contributed by atoms with E-state index in [1.807, 2.05) is 0 Å². The van der Waals surface area contributed by atoms with Gasteiger partial charge in [-0.15, -0.1) is 0 Å². The molecular weight excluding hydrogens is 288 g/mol. The fourth-order valence-electron chi connectivity index (χ4n) is 3.72. The Morgan fingerprint density at radius 1 is 1.17 bits per heavy atom. The van der Waals surface area contributed by atoms with Crippen LogP contribution in [0.5, 0.6) is 0 Å². The van der Waals surface area contributed by atoms with E-state index in [2.05, 4.69) is 48.3 Å². The summed E-state index contributed by atoms with van der Waals surface area (Å²) in [5.41, 5.74) is 2.73. The molecule has 2 saturated heterocycles. The van der Waals surface area contributed by atoms with E-state index in [0.29, 0.717) is 18.1 Å². The van der Waals surface area contributed by atoms with Crippen LogP contribution in [-0.4, -0.2) is 45.1 Å². The second-order valence-corrected chi connectivity index (χ2v) is 7.01. The minimum Gasteiger partial charge on any atom is -0.381 e. The number of rotatable bonds is 5. The number of nitrogens with zero attached hydrogens (tertiary/aromatic N) is 1. The second kappa shape index (κ2) is 8.13. The lowest BCUT2D eigenvalue weighted by molar-refractivity contribution is -0.00526. The summed E-state index contributed by atoms with van der Waals surface area (Å²) >= 11 is 0. The quantitative estimate of drug-likeness (QED) is 0.905. The molecule has 1 aromatic rings. The Bertz CT molecular complexity index is 478. The first-order valence-electron chi connectivity index (χ1n) is 8.99. The number of anilines is 1. The zero-order chi connectivity index (χ0) is 16.1. The number of para-hydroxylation sites is 1. The molecule has 4 nitrogen and oxygen atoms in total. The molecule has 0 amide bonds. The molecule has 0 unspecified atom stereocenters. The molecule has 4 heteroatoms. The Morgan fingerprint density at radius 3 is 2.70 bits per heavy atom.